The second kappa shape index (κ2) is 3.34. The minimum absolute atomic E-state index is 1.01. The van der Waals surface area contributed by atoms with Crippen LogP contribution >= 0.6 is 11.3 Å². The van der Waals surface area contributed by atoms with Crippen molar-refractivity contribution >= 4 is 27.4 Å². The Kier molecular flexibility index (Phi) is 2.19. The van der Waals surface area contributed by atoms with Gasteiger partial charge in [-0.2, -0.15) is 0 Å². The Bertz CT molecular complexity index is 382. The number of aromatic nitrogens is 1. The summed E-state index contributed by atoms with van der Waals surface area (Å²) in [6.45, 7) is 2.15. The largest absolute Gasteiger partial charge is 0.373 e. The SMILES string of the molecule is CCc1cc2sccc2nc1NC. The third-order valence-electron chi connectivity index (χ3n) is 2.13. The molecule has 2 rings (SSSR count). The Morgan fingerprint density at radius 3 is 3.08 bits per heavy atom. The first-order valence-corrected chi connectivity index (χ1v) is 5.28. The number of hydrogen-bond acceptors (Lipinski definition) is 3. The van der Waals surface area contributed by atoms with Gasteiger partial charge in [-0.1, -0.05) is 6.92 Å². The number of thiophene rings is 1. The minimum atomic E-state index is 1.01. The van der Waals surface area contributed by atoms with E-state index in [1.54, 1.807) is 11.3 Å². The van der Waals surface area contributed by atoms with Crippen molar-refractivity contribution in [3.05, 3.63) is 23.1 Å². The number of aryl methyl sites for hydroxylation is 1. The fraction of sp³-hybridized carbons (Fsp3) is 0.300. The maximum Gasteiger partial charge on any atom is 0.129 e. The van der Waals surface area contributed by atoms with Crippen molar-refractivity contribution in [2.75, 3.05) is 12.4 Å². The number of pyridine rings is 1. The summed E-state index contributed by atoms with van der Waals surface area (Å²) in [6.07, 6.45) is 1.02. The lowest BCUT2D eigenvalue weighted by Crippen LogP contribution is -1.97. The van der Waals surface area contributed by atoms with Crippen LogP contribution in [0.2, 0.25) is 0 Å². The van der Waals surface area contributed by atoms with Crippen molar-refractivity contribution in [2.45, 2.75) is 13.3 Å². The Hall–Kier alpha value is -1.09. The molecule has 0 aliphatic heterocycles. The van der Waals surface area contributed by atoms with Gasteiger partial charge in [0.2, 0.25) is 0 Å². The Morgan fingerprint density at radius 1 is 1.54 bits per heavy atom. The van der Waals surface area contributed by atoms with Crippen LogP contribution in [0.3, 0.4) is 0 Å². The van der Waals surface area contributed by atoms with Crippen LogP contribution < -0.4 is 5.32 Å². The van der Waals surface area contributed by atoms with Crippen molar-refractivity contribution in [1.82, 2.24) is 4.98 Å². The van der Waals surface area contributed by atoms with Gasteiger partial charge in [0.25, 0.3) is 0 Å². The molecule has 2 heterocycles. The van der Waals surface area contributed by atoms with Gasteiger partial charge in [0.05, 0.1) is 10.2 Å². The van der Waals surface area contributed by atoms with Gasteiger partial charge in [-0.05, 0) is 29.5 Å². The lowest BCUT2D eigenvalue weighted by atomic mass is 10.2. The van der Waals surface area contributed by atoms with Crippen molar-refractivity contribution in [1.29, 1.82) is 0 Å². The molecular formula is C10H12N2S. The van der Waals surface area contributed by atoms with E-state index in [0.29, 0.717) is 0 Å². The zero-order valence-electron chi connectivity index (χ0n) is 7.79. The van der Waals surface area contributed by atoms with Crippen molar-refractivity contribution < 1.29 is 0 Å². The van der Waals surface area contributed by atoms with E-state index in [1.165, 1.54) is 10.3 Å². The molecule has 3 heteroatoms. The van der Waals surface area contributed by atoms with Crippen molar-refractivity contribution in [3.63, 3.8) is 0 Å². The standard InChI is InChI=1S/C10H12N2S/c1-3-7-6-9-8(4-5-13-9)12-10(7)11-2/h4-6H,3H2,1-2H3,(H,11,12). The summed E-state index contributed by atoms with van der Waals surface area (Å²) in [7, 11) is 1.92. The molecule has 2 aromatic heterocycles. The van der Waals surface area contributed by atoms with Crippen LogP contribution in [0.1, 0.15) is 12.5 Å². The van der Waals surface area contributed by atoms with Gasteiger partial charge >= 0.3 is 0 Å². The molecule has 0 atom stereocenters. The maximum atomic E-state index is 4.52. The number of fused-ring (bicyclic) bond motifs is 1. The summed E-state index contributed by atoms with van der Waals surface area (Å²) >= 11 is 1.75. The van der Waals surface area contributed by atoms with Gasteiger partial charge in [0.15, 0.2) is 0 Å². The van der Waals surface area contributed by atoms with Gasteiger partial charge in [-0.15, -0.1) is 11.3 Å². The number of nitrogens with one attached hydrogen (secondary N) is 1. The average molecular weight is 192 g/mol. The Balaban J connectivity index is 2.67. The molecule has 0 aliphatic carbocycles. The highest BCUT2D eigenvalue weighted by molar-refractivity contribution is 7.17. The predicted molar refractivity (Wildman–Crippen MR) is 58.5 cm³/mol. The van der Waals surface area contributed by atoms with E-state index in [-0.39, 0.29) is 0 Å². The van der Waals surface area contributed by atoms with E-state index in [1.807, 2.05) is 7.05 Å². The molecule has 1 N–H and O–H groups in total. The monoisotopic (exact) mass is 192 g/mol. The van der Waals surface area contributed by atoms with Gasteiger partial charge in [0.1, 0.15) is 5.82 Å². The summed E-state index contributed by atoms with van der Waals surface area (Å²) in [4.78, 5) is 4.52. The van der Waals surface area contributed by atoms with Crippen LogP contribution in [0.15, 0.2) is 17.5 Å². The molecule has 0 amide bonds. The highest BCUT2D eigenvalue weighted by Crippen LogP contribution is 2.24. The maximum absolute atomic E-state index is 4.52. The fourth-order valence-electron chi connectivity index (χ4n) is 1.42. The van der Waals surface area contributed by atoms with E-state index < -0.39 is 0 Å². The zero-order valence-corrected chi connectivity index (χ0v) is 8.61. The predicted octanol–water partition coefficient (Wildman–Crippen LogP) is 2.90. The third kappa shape index (κ3) is 1.40. The van der Waals surface area contributed by atoms with E-state index in [0.717, 1.165) is 17.8 Å². The molecule has 68 valence electrons. The van der Waals surface area contributed by atoms with Crippen LogP contribution in [0.25, 0.3) is 10.2 Å². The summed E-state index contributed by atoms with van der Waals surface area (Å²) in [5.41, 5.74) is 2.38. The highest BCUT2D eigenvalue weighted by Gasteiger charge is 2.03. The molecule has 0 saturated heterocycles. The molecule has 0 radical (unpaired) electrons. The molecule has 2 nitrogen and oxygen atoms in total. The first-order chi connectivity index (χ1) is 6.35. The third-order valence-corrected chi connectivity index (χ3v) is 2.99. The molecule has 0 unspecified atom stereocenters. The normalized spacial score (nSPS) is 10.6. The fourth-order valence-corrected chi connectivity index (χ4v) is 2.21. The van der Waals surface area contributed by atoms with Gasteiger partial charge < -0.3 is 5.32 Å². The minimum Gasteiger partial charge on any atom is -0.373 e. The van der Waals surface area contributed by atoms with Crippen LogP contribution in [0.4, 0.5) is 5.82 Å². The lowest BCUT2D eigenvalue weighted by Gasteiger charge is -2.05. The molecule has 0 saturated carbocycles. The highest BCUT2D eigenvalue weighted by atomic mass is 32.1. The second-order valence-corrected chi connectivity index (χ2v) is 3.85. The molecule has 0 aliphatic rings. The molecule has 0 fully saturated rings. The summed E-state index contributed by atoms with van der Waals surface area (Å²) in [5.74, 6) is 1.01. The van der Waals surface area contributed by atoms with E-state index in [9.17, 15) is 0 Å². The quantitative estimate of drug-likeness (QED) is 0.791. The summed E-state index contributed by atoms with van der Waals surface area (Å²) in [5, 5.41) is 5.20. The van der Waals surface area contributed by atoms with Gasteiger partial charge in [-0.25, -0.2) is 4.98 Å². The second-order valence-electron chi connectivity index (χ2n) is 2.90. The molecule has 0 bridgehead atoms. The van der Waals surface area contributed by atoms with Crippen molar-refractivity contribution in [2.24, 2.45) is 0 Å². The molecule has 0 aromatic carbocycles. The van der Waals surface area contributed by atoms with E-state index in [2.05, 4.69) is 34.7 Å². The number of nitrogens with zero attached hydrogens (tertiary/aromatic N) is 1. The smallest absolute Gasteiger partial charge is 0.129 e. The molecule has 2 aromatic rings. The van der Waals surface area contributed by atoms with Crippen molar-refractivity contribution in [3.8, 4) is 0 Å². The molecule has 0 spiro atoms. The zero-order chi connectivity index (χ0) is 9.26. The first-order valence-electron chi connectivity index (χ1n) is 4.40. The molecular weight excluding hydrogens is 180 g/mol. The van der Waals surface area contributed by atoms with Gasteiger partial charge in [0, 0.05) is 7.05 Å². The van der Waals surface area contributed by atoms with Crippen LogP contribution in [0, 0.1) is 0 Å². The number of hydrogen-bond donors (Lipinski definition) is 1. The number of anilines is 1. The lowest BCUT2D eigenvalue weighted by molar-refractivity contribution is 1.12. The Labute approximate surface area is 81.6 Å². The average Bonchev–Trinajstić information content (AvgIpc) is 2.62. The summed E-state index contributed by atoms with van der Waals surface area (Å²) in [6, 6.07) is 4.28. The van der Waals surface area contributed by atoms with Crippen LogP contribution in [-0.2, 0) is 6.42 Å². The van der Waals surface area contributed by atoms with E-state index in [4.69, 9.17) is 0 Å². The summed E-state index contributed by atoms with van der Waals surface area (Å²) < 4.78 is 1.27. The molecule has 13 heavy (non-hydrogen) atoms. The first kappa shape index (κ1) is 8.51. The van der Waals surface area contributed by atoms with Crippen LogP contribution in [-0.4, -0.2) is 12.0 Å². The van der Waals surface area contributed by atoms with Gasteiger partial charge in [-0.3, -0.25) is 0 Å². The topological polar surface area (TPSA) is 24.9 Å². The van der Waals surface area contributed by atoms with Crippen LogP contribution in [0.5, 0.6) is 0 Å². The Morgan fingerprint density at radius 2 is 2.38 bits per heavy atom. The van der Waals surface area contributed by atoms with E-state index >= 15 is 0 Å². The number of rotatable bonds is 2.